The smallest absolute Gasteiger partial charge is 0.334 e. The van der Waals surface area contributed by atoms with Crippen LogP contribution in [0, 0.1) is 0 Å². The van der Waals surface area contributed by atoms with E-state index in [1.165, 1.54) is 0 Å². The minimum absolute atomic E-state index is 0.245. The van der Waals surface area contributed by atoms with Crippen LogP contribution < -0.4 is 0 Å². The summed E-state index contributed by atoms with van der Waals surface area (Å²) in [7, 11) is 0. The zero-order chi connectivity index (χ0) is 13.0. The Kier molecular flexibility index (Phi) is 4.39. The van der Waals surface area contributed by atoms with Gasteiger partial charge in [0, 0.05) is 17.0 Å². The van der Waals surface area contributed by atoms with Crippen molar-refractivity contribution in [2.24, 2.45) is 0 Å². The molecule has 1 heterocycles. The molecule has 0 spiro atoms. The summed E-state index contributed by atoms with van der Waals surface area (Å²) in [4.78, 5) is 11.9. The van der Waals surface area contributed by atoms with Crippen LogP contribution in [0.3, 0.4) is 0 Å². The van der Waals surface area contributed by atoms with E-state index in [0.717, 1.165) is 11.1 Å². The molecule has 4 heteroatoms. The van der Waals surface area contributed by atoms with E-state index in [2.05, 4.69) is 0 Å². The lowest BCUT2D eigenvalue weighted by Crippen LogP contribution is -2.18. The van der Waals surface area contributed by atoms with Crippen molar-refractivity contribution in [1.29, 1.82) is 0 Å². The molecule has 2 rings (SSSR count). The molecule has 1 aliphatic rings. The average Bonchev–Trinajstić information content (AvgIpc) is 2.40. The summed E-state index contributed by atoms with van der Waals surface area (Å²) in [5.41, 5.74) is 2.57. The fourth-order valence-electron chi connectivity index (χ4n) is 1.94. The van der Waals surface area contributed by atoms with Gasteiger partial charge in [-0.05, 0) is 30.2 Å². The van der Waals surface area contributed by atoms with E-state index in [1.54, 1.807) is 19.1 Å². The molecule has 0 aromatic heterocycles. The predicted octanol–water partition coefficient (Wildman–Crippen LogP) is 3.08. The van der Waals surface area contributed by atoms with E-state index < -0.39 is 0 Å². The molecule has 0 aliphatic carbocycles. The minimum Gasteiger partial charge on any atom is -0.463 e. The molecule has 1 aliphatic heterocycles. The van der Waals surface area contributed by atoms with Gasteiger partial charge < -0.3 is 9.47 Å². The van der Waals surface area contributed by atoms with Crippen molar-refractivity contribution in [2.45, 2.75) is 13.3 Å². The maximum atomic E-state index is 11.9. The van der Waals surface area contributed by atoms with Crippen molar-refractivity contribution >= 4 is 23.1 Å². The van der Waals surface area contributed by atoms with Gasteiger partial charge in [-0.15, -0.1) is 0 Å². The van der Waals surface area contributed by atoms with Crippen molar-refractivity contribution < 1.29 is 14.3 Å². The second kappa shape index (κ2) is 6.03. The Morgan fingerprint density at radius 2 is 2.11 bits per heavy atom. The normalized spacial score (nSPS) is 15.7. The molecule has 1 aromatic rings. The number of hydrogen-bond acceptors (Lipinski definition) is 3. The van der Waals surface area contributed by atoms with Gasteiger partial charge in [-0.1, -0.05) is 23.7 Å². The zero-order valence-electron chi connectivity index (χ0n) is 10.2. The molecule has 0 fully saturated rings. The van der Waals surface area contributed by atoms with Crippen LogP contribution in [0.25, 0.3) is 5.57 Å². The summed E-state index contributed by atoms with van der Waals surface area (Å²) < 4.78 is 10.5. The summed E-state index contributed by atoms with van der Waals surface area (Å²) in [6.07, 6.45) is 0.594. The second-order valence-corrected chi connectivity index (χ2v) is 4.42. The predicted molar refractivity (Wildman–Crippen MR) is 70.4 cm³/mol. The molecule has 0 saturated heterocycles. The number of carbonyl (C=O) groups is 1. The number of halogens is 1. The van der Waals surface area contributed by atoms with Gasteiger partial charge in [0.05, 0.1) is 19.8 Å². The van der Waals surface area contributed by atoms with Gasteiger partial charge >= 0.3 is 5.97 Å². The second-order valence-electron chi connectivity index (χ2n) is 3.99. The summed E-state index contributed by atoms with van der Waals surface area (Å²) >= 11 is 5.86. The van der Waals surface area contributed by atoms with E-state index in [1.807, 2.05) is 12.1 Å². The minimum atomic E-state index is -0.245. The lowest BCUT2D eigenvalue weighted by atomic mass is 9.97. The largest absolute Gasteiger partial charge is 0.463 e. The van der Waals surface area contributed by atoms with Crippen molar-refractivity contribution in [3.63, 3.8) is 0 Å². The van der Waals surface area contributed by atoms with Crippen LogP contribution in [0.4, 0.5) is 0 Å². The Bertz CT molecular complexity index is 462. The van der Waals surface area contributed by atoms with Gasteiger partial charge in [0.25, 0.3) is 0 Å². The van der Waals surface area contributed by atoms with Gasteiger partial charge in [0.2, 0.25) is 0 Å². The van der Waals surface area contributed by atoms with Gasteiger partial charge in [-0.2, -0.15) is 0 Å². The number of ether oxygens (including phenoxy) is 2. The fraction of sp³-hybridized carbons (Fsp3) is 0.357. The highest BCUT2D eigenvalue weighted by Gasteiger charge is 2.21. The Morgan fingerprint density at radius 3 is 2.78 bits per heavy atom. The van der Waals surface area contributed by atoms with E-state index in [-0.39, 0.29) is 5.97 Å². The van der Waals surface area contributed by atoms with Crippen LogP contribution in [0.2, 0.25) is 5.02 Å². The van der Waals surface area contributed by atoms with Gasteiger partial charge in [0.15, 0.2) is 0 Å². The molecule has 0 unspecified atom stereocenters. The third-order valence-corrected chi connectivity index (χ3v) is 3.07. The average molecular weight is 267 g/mol. The lowest BCUT2D eigenvalue weighted by Gasteiger charge is -2.20. The molecule has 0 atom stereocenters. The Morgan fingerprint density at radius 1 is 1.39 bits per heavy atom. The van der Waals surface area contributed by atoms with Crippen LogP contribution in [-0.4, -0.2) is 25.8 Å². The van der Waals surface area contributed by atoms with E-state index in [0.29, 0.717) is 36.8 Å². The number of hydrogen-bond donors (Lipinski definition) is 0. The molecule has 18 heavy (non-hydrogen) atoms. The number of benzene rings is 1. The fourth-order valence-corrected chi connectivity index (χ4v) is 2.06. The van der Waals surface area contributed by atoms with Gasteiger partial charge in [0.1, 0.15) is 0 Å². The molecular formula is C14H15ClO3. The van der Waals surface area contributed by atoms with Crippen LogP contribution in [0.1, 0.15) is 18.9 Å². The zero-order valence-corrected chi connectivity index (χ0v) is 11.0. The molecule has 0 bridgehead atoms. The number of rotatable bonds is 3. The standard InChI is InChI=1S/C14H15ClO3/c1-2-18-14(16)12-7-8-17-9-13(12)10-3-5-11(15)6-4-10/h3-6H,2,7-9H2,1H3. The number of carbonyl (C=O) groups excluding carboxylic acids is 1. The van der Waals surface area contributed by atoms with Crippen LogP contribution in [0.5, 0.6) is 0 Å². The van der Waals surface area contributed by atoms with E-state index in [9.17, 15) is 4.79 Å². The Hall–Kier alpha value is -1.32. The first-order chi connectivity index (χ1) is 8.72. The maximum Gasteiger partial charge on any atom is 0.334 e. The Balaban J connectivity index is 2.35. The first-order valence-electron chi connectivity index (χ1n) is 5.95. The van der Waals surface area contributed by atoms with Crippen molar-refractivity contribution in [3.8, 4) is 0 Å². The Labute approximate surface area is 111 Å². The lowest BCUT2D eigenvalue weighted by molar-refractivity contribution is -0.138. The monoisotopic (exact) mass is 266 g/mol. The molecule has 0 N–H and O–H groups in total. The summed E-state index contributed by atoms with van der Waals surface area (Å²) in [5, 5.41) is 0.675. The van der Waals surface area contributed by atoms with Crippen molar-refractivity contribution in [1.82, 2.24) is 0 Å². The van der Waals surface area contributed by atoms with Crippen molar-refractivity contribution in [3.05, 3.63) is 40.4 Å². The number of esters is 1. The third kappa shape index (κ3) is 2.92. The molecule has 96 valence electrons. The van der Waals surface area contributed by atoms with Crippen molar-refractivity contribution in [2.75, 3.05) is 19.8 Å². The van der Waals surface area contributed by atoms with Gasteiger partial charge in [-0.3, -0.25) is 0 Å². The highest BCUT2D eigenvalue weighted by molar-refractivity contribution is 6.30. The molecule has 0 saturated carbocycles. The first-order valence-corrected chi connectivity index (χ1v) is 6.33. The van der Waals surface area contributed by atoms with Gasteiger partial charge in [-0.25, -0.2) is 4.79 Å². The molecular weight excluding hydrogens is 252 g/mol. The maximum absolute atomic E-state index is 11.9. The molecule has 3 nitrogen and oxygen atoms in total. The quantitative estimate of drug-likeness (QED) is 0.789. The topological polar surface area (TPSA) is 35.5 Å². The highest BCUT2D eigenvalue weighted by Crippen LogP contribution is 2.27. The van der Waals surface area contributed by atoms with Crippen LogP contribution in [0.15, 0.2) is 29.8 Å². The molecule has 0 amide bonds. The van der Waals surface area contributed by atoms with E-state index >= 15 is 0 Å². The highest BCUT2D eigenvalue weighted by atomic mass is 35.5. The van der Waals surface area contributed by atoms with Crippen LogP contribution >= 0.6 is 11.6 Å². The van der Waals surface area contributed by atoms with Crippen LogP contribution in [-0.2, 0) is 14.3 Å². The van der Waals surface area contributed by atoms with E-state index in [4.69, 9.17) is 21.1 Å². The third-order valence-electron chi connectivity index (χ3n) is 2.82. The summed E-state index contributed by atoms with van der Waals surface area (Å²) in [6, 6.07) is 7.40. The summed E-state index contributed by atoms with van der Waals surface area (Å²) in [5.74, 6) is -0.245. The SMILES string of the molecule is CCOC(=O)C1=C(c2ccc(Cl)cc2)COCC1. The summed E-state index contributed by atoms with van der Waals surface area (Å²) in [6.45, 7) is 3.19. The molecule has 0 radical (unpaired) electrons. The molecule has 1 aromatic carbocycles. The first kappa shape index (κ1) is 13.1.